The van der Waals surface area contributed by atoms with Crippen molar-refractivity contribution in [2.75, 3.05) is 13.6 Å². The van der Waals surface area contributed by atoms with E-state index < -0.39 is 0 Å². The Bertz CT molecular complexity index is 387. The summed E-state index contributed by atoms with van der Waals surface area (Å²) in [7, 11) is 1.80. The fourth-order valence-corrected chi connectivity index (χ4v) is 1.75. The van der Waals surface area contributed by atoms with Crippen LogP contribution in [0.4, 0.5) is 4.79 Å². The molecule has 0 bridgehead atoms. The molecule has 92 valence electrons. The lowest BCUT2D eigenvalue weighted by Gasteiger charge is -2.18. The first-order chi connectivity index (χ1) is 8.15. The Morgan fingerprint density at radius 2 is 2.06 bits per heavy atom. The van der Waals surface area contributed by atoms with Crippen molar-refractivity contribution in [3.05, 3.63) is 34.9 Å². The van der Waals surface area contributed by atoms with Crippen molar-refractivity contribution < 1.29 is 4.79 Å². The van der Waals surface area contributed by atoms with Crippen LogP contribution in [-0.4, -0.2) is 24.5 Å². The van der Waals surface area contributed by atoms with Gasteiger partial charge in [-0.05, 0) is 36.5 Å². The van der Waals surface area contributed by atoms with E-state index in [1.54, 1.807) is 11.9 Å². The molecule has 0 heterocycles. The number of urea groups is 1. The monoisotopic (exact) mass is 252 g/mol. The molecule has 2 rings (SSSR count). The number of nitrogens with one attached hydrogen (secondary N) is 1. The molecule has 0 unspecified atom stereocenters. The van der Waals surface area contributed by atoms with Crippen molar-refractivity contribution in [1.82, 2.24) is 10.2 Å². The zero-order valence-electron chi connectivity index (χ0n) is 9.95. The smallest absolute Gasteiger partial charge is 0.317 e. The molecule has 17 heavy (non-hydrogen) atoms. The number of nitrogens with zero attached hydrogens (tertiary/aromatic N) is 1. The zero-order valence-corrected chi connectivity index (χ0v) is 10.7. The Kier molecular flexibility index (Phi) is 3.89. The van der Waals surface area contributed by atoms with Gasteiger partial charge >= 0.3 is 6.03 Å². The van der Waals surface area contributed by atoms with E-state index in [1.165, 1.54) is 12.8 Å². The molecule has 1 saturated carbocycles. The van der Waals surface area contributed by atoms with Gasteiger partial charge in [-0.3, -0.25) is 0 Å². The first-order valence-electron chi connectivity index (χ1n) is 5.88. The zero-order chi connectivity index (χ0) is 12.3. The first-order valence-corrected chi connectivity index (χ1v) is 6.26. The van der Waals surface area contributed by atoms with Gasteiger partial charge in [-0.2, -0.15) is 0 Å². The number of halogens is 1. The van der Waals surface area contributed by atoms with Crippen molar-refractivity contribution in [2.24, 2.45) is 5.92 Å². The molecular formula is C13H17ClN2O. The molecule has 1 N–H and O–H groups in total. The third-order valence-corrected chi connectivity index (χ3v) is 3.17. The summed E-state index contributed by atoms with van der Waals surface area (Å²) in [5.41, 5.74) is 1.08. The largest absolute Gasteiger partial charge is 0.338 e. The highest BCUT2D eigenvalue weighted by atomic mass is 35.5. The van der Waals surface area contributed by atoms with E-state index in [0.717, 1.165) is 17.1 Å². The molecule has 1 fully saturated rings. The highest BCUT2D eigenvalue weighted by Gasteiger charge is 2.22. The summed E-state index contributed by atoms with van der Waals surface area (Å²) in [6.07, 6.45) is 2.50. The number of hydrogen-bond donors (Lipinski definition) is 1. The van der Waals surface area contributed by atoms with E-state index in [1.807, 2.05) is 24.3 Å². The topological polar surface area (TPSA) is 32.3 Å². The lowest BCUT2D eigenvalue weighted by molar-refractivity contribution is 0.206. The number of rotatable bonds is 4. The van der Waals surface area contributed by atoms with E-state index >= 15 is 0 Å². The predicted molar refractivity (Wildman–Crippen MR) is 69.0 cm³/mol. The second-order valence-electron chi connectivity index (χ2n) is 4.61. The Labute approximate surface area is 107 Å². The molecule has 1 aromatic rings. The minimum absolute atomic E-state index is 0.00755. The number of hydrogen-bond acceptors (Lipinski definition) is 1. The van der Waals surface area contributed by atoms with Crippen LogP contribution in [0.15, 0.2) is 24.3 Å². The lowest BCUT2D eigenvalue weighted by Crippen LogP contribution is -2.37. The normalized spacial score (nSPS) is 14.5. The summed E-state index contributed by atoms with van der Waals surface area (Å²) >= 11 is 5.81. The maximum absolute atomic E-state index is 11.7. The van der Waals surface area contributed by atoms with Gasteiger partial charge < -0.3 is 10.2 Å². The highest BCUT2D eigenvalue weighted by Crippen LogP contribution is 2.27. The van der Waals surface area contributed by atoms with Crippen molar-refractivity contribution in [2.45, 2.75) is 19.4 Å². The van der Waals surface area contributed by atoms with Crippen molar-refractivity contribution in [3.63, 3.8) is 0 Å². The molecule has 3 nitrogen and oxygen atoms in total. The third kappa shape index (κ3) is 3.93. The molecule has 1 aliphatic rings. The fraction of sp³-hybridized carbons (Fsp3) is 0.462. The Morgan fingerprint density at radius 3 is 2.65 bits per heavy atom. The molecule has 4 heteroatoms. The molecule has 0 radical (unpaired) electrons. The maximum Gasteiger partial charge on any atom is 0.317 e. The van der Waals surface area contributed by atoms with E-state index in [9.17, 15) is 4.79 Å². The second-order valence-corrected chi connectivity index (χ2v) is 5.05. The predicted octanol–water partition coefficient (Wildman–Crippen LogP) is 2.89. The number of benzene rings is 1. The maximum atomic E-state index is 11.7. The highest BCUT2D eigenvalue weighted by molar-refractivity contribution is 6.30. The number of carbonyl (C=O) groups excluding carboxylic acids is 1. The van der Waals surface area contributed by atoms with E-state index in [-0.39, 0.29) is 6.03 Å². The van der Waals surface area contributed by atoms with Gasteiger partial charge in [0.05, 0.1) is 0 Å². The van der Waals surface area contributed by atoms with Crippen LogP contribution in [0, 0.1) is 5.92 Å². The summed E-state index contributed by atoms with van der Waals surface area (Å²) < 4.78 is 0. The average Bonchev–Trinajstić information content (AvgIpc) is 3.13. The van der Waals surface area contributed by atoms with Crippen LogP contribution in [0.3, 0.4) is 0 Å². The molecule has 1 aliphatic carbocycles. The Balaban J connectivity index is 1.80. The standard InChI is InChI=1S/C13H17ClN2O/c1-16(13(17)15-8-10-2-3-10)9-11-4-6-12(14)7-5-11/h4-7,10H,2-3,8-9H2,1H3,(H,15,17). The summed E-state index contributed by atoms with van der Waals surface area (Å²) in [5.74, 6) is 0.711. The molecule has 0 saturated heterocycles. The van der Waals surface area contributed by atoms with Gasteiger partial charge in [0.25, 0.3) is 0 Å². The summed E-state index contributed by atoms with van der Waals surface area (Å²) in [4.78, 5) is 13.4. The van der Waals surface area contributed by atoms with Gasteiger partial charge in [-0.1, -0.05) is 23.7 Å². The van der Waals surface area contributed by atoms with E-state index in [0.29, 0.717) is 12.5 Å². The van der Waals surface area contributed by atoms with Crippen LogP contribution in [0.2, 0.25) is 5.02 Å². The minimum Gasteiger partial charge on any atom is -0.338 e. The van der Waals surface area contributed by atoms with Gasteiger partial charge in [-0.15, -0.1) is 0 Å². The number of carbonyl (C=O) groups is 1. The molecule has 0 aromatic heterocycles. The molecular weight excluding hydrogens is 236 g/mol. The second kappa shape index (κ2) is 5.41. The van der Waals surface area contributed by atoms with Crippen molar-refractivity contribution in [3.8, 4) is 0 Å². The van der Waals surface area contributed by atoms with Gasteiger partial charge in [0.1, 0.15) is 0 Å². The van der Waals surface area contributed by atoms with E-state index in [2.05, 4.69) is 5.32 Å². The van der Waals surface area contributed by atoms with E-state index in [4.69, 9.17) is 11.6 Å². The lowest BCUT2D eigenvalue weighted by atomic mass is 10.2. The van der Waals surface area contributed by atoms with Crippen LogP contribution < -0.4 is 5.32 Å². The fourth-order valence-electron chi connectivity index (χ4n) is 1.62. The van der Waals surface area contributed by atoms with Gasteiger partial charge in [0.15, 0.2) is 0 Å². The molecule has 0 spiro atoms. The molecule has 0 aliphatic heterocycles. The average molecular weight is 253 g/mol. The van der Waals surface area contributed by atoms with Crippen LogP contribution in [-0.2, 0) is 6.54 Å². The Hall–Kier alpha value is -1.22. The van der Waals surface area contributed by atoms with Gasteiger partial charge in [0, 0.05) is 25.2 Å². The summed E-state index contributed by atoms with van der Waals surface area (Å²) in [6, 6.07) is 7.55. The van der Waals surface area contributed by atoms with Gasteiger partial charge in [0.2, 0.25) is 0 Å². The van der Waals surface area contributed by atoms with Crippen LogP contribution in [0.25, 0.3) is 0 Å². The Morgan fingerprint density at radius 1 is 1.41 bits per heavy atom. The van der Waals surface area contributed by atoms with Crippen molar-refractivity contribution in [1.29, 1.82) is 0 Å². The minimum atomic E-state index is -0.00755. The molecule has 0 atom stereocenters. The third-order valence-electron chi connectivity index (χ3n) is 2.92. The van der Waals surface area contributed by atoms with Gasteiger partial charge in [-0.25, -0.2) is 4.79 Å². The number of amides is 2. The molecule has 2 amide bonds. The van der Waals surface area contributed by atoms with Crippen LogP contribution in [0.5, 0.6) is 0 Å². The quantitative estimate of drug-likeness (QED) is 0.878. The SMILES string of the molecule is CN(Cc1ccc(Cl)cc1)C(=O)NCC1CC1. The summed E-state index contributed by atoms with van der Waals surface area (Å²) in [5, 5.41) is 3.65. The summed E-state index contributed by atoms with van der Waals surface area (Å²) in [6.45, 7) is 1.41. The molecule has 1 aromatic carbocycles. The van der Waals surface area contributed by atoms with Crippen molar-refractivity contribution >= 4 is 17.6 Å². The van der Waals surface area contributed by atoms with Crippen LogP contribution >= 0.6 is 11.6 Å². The van der Waals surface area contributed by atoms with Crippen LogP contribution in [0.1, 0.15) is 18.4 Å². The first kappa shape index (κ1) is 12.2.